The van der Waals surface area contributed by atoms with Gasteiger partial charge in [0.05, 0.1) is 6.61 Å². The van der Waals surface area contributed by atoms with Gasteiger partial charge in [-0.3, -0.25) is 0 Å². The molecule has 0 radical (unpaired) electrons. The average Bonchev–Trinajstić information content (AvgIpc) is 2.81. The lowest BCUT2D eigenvalue weighted by molar-refractivity contribution is 0.142. The van der Waals surface area contributed by atoms with Crippen molar-refractivity contribution >= 4 is 29.1 Å². The van der Waals surface area contributed by atoms with Crippen LogP contribution in [0.3, 0.4) is 0 Å². The molecule has 1 fully saturated rings. The molecule has 0 bridgehead atoms. The number of rotatable bonds is 4. The van der Waals surface area contributed by atoms with E-state index in [9.17, 15) is 5.11 Å². The molecule has 2 rings (SSSR count). The highest BCUT2D eigenvalue weighted by Crippen LogP contribution is 2.38. The molecule has 0 aromatic carbocycles. The SMILES string of the molecule is Nc1nc(Cl)c(N)c(NCC2(CO)CCCC2)n1. The monoisotopic (exact) mass is 271 g/mol. The molecule has 1 saturated carbocycles. The Morgan fingerprint density at radius 2 is 1.94 bits per heavy atom. The van der Waals surface area contributed by atoms with Crippen molar-refractivity contribution in [2.45, 2.75) is 25.7 Å². The second kappa shape index (κ2) is 5.16. The van der Waals surface area contributed by atoms with Gasteiger partial charge in [0.1, 0.15) is 5.69 Å². The molecule has 0 amide bonds. The van der Waals surface area contributed by atoms with Gasteiger partial charge in [0.2, 0.25) is 5.95 Å². The van der Waals surface area contributed by atoms with Crippen molar-refractivity contribution < 1.29 is 5.11 Å². The van der Waals surface area contributed by atoms with E-state index in [0.717, 1.165) is 25.7 Å². The number of hydrogen-bond donors (Lipinski definition) is 4. The number of nitrogen functional groups attached to an aromatic ring is 2. The molecule has 1 heterocycles. The van der Waals surface area contributed by atoms with Gasteiger partial charge in [-0.25, -0.2) is 0 Å². The van der Waals surface area contributed by atoms with E-state index < -0.39 is 0 Å². The number of nitrogens with zero attached hydrogens (tertiary/aromatic N) is 2. The van der Waals surface area contributed by atoms with Gasteiger partial charge in [0.25, 0.3) is 0 Å². The Morgan fingerprint density at radius 1 is 1.28 bits per heavy atom. The number of aliphatic hydroxyl groups is 1. The predicted molar refractivity (Wildman–Crippen MR) is 72.3 cm³/mol. The molecule has 6 N–H and O–H groups in total. The number of aliphatic hydroxyl groups excluding tert-OH is 1. The molecular weight excluding hydrogens is 254 g/mol. The van der Waals surface area contributed by atoms with Crippen molar-refractivity contribution in [1.82, 2.24) is 9.97 Å². The third kappa shape index (κ3) is 2.59. The Morgan fingerprint density at radius 3 is 2.56 bits per heavy atom. The van der Waals surface area contributed by atoms with Crippen LogP contribution in [-0.4, -0.2) is 28.2 Å². The van der Waals surface area contributed by atoms with Crippen LogP contribution in [0.1, 0.15) is 25.7 Å². The Bertz CT molecular complexity index is 434. The quantitative estimate of drug-likeness (QED) is 0.614. The van der Waals surface area contributed by atoms with Crippen molar-refractivity contribution in [1.29, 1.82) is 0 Å². The van der Waals surface area contributed by atoms with Gasteiger partial charge < -0.3 is 21.9 Å². The Labute approximate surface area is 111 Å². The van der Waals surface area contributed by atoms with Crippen LogP contribution in [0.4, 0.5) is 17.5 Å². The molecule has 7 heteroatoms. The topological polar surface area (TPSA) is 110 Å². The number of halogens is 1. The number of hydrogen-bond acceptors (Lipinski definition) is 6. The number of nitrogens with two attached hydrogens (primary N) is 2. The lowest BCUT2D eigenvalue weighted by Gasteiger charge is -2.27. The summed E-state index contributed by atoms with van der Waals surface area (Å²) < 4.78 is 0. The van der Waals surface area contributed by atoms with Gasteiger partial charge in [0, 0.05) is 12.0 Å². The maximum Gasteiger partial charge on any atom is 0.223 e. The summed E-state index contributed by atoms with van der Waals surface area (Å²) in [6.07, 6.45) is 4.30. The molecule has 1 aromatic heterocycles. The van der Waals surface area contributed by atoms with E-state index in [4.69, 9.17) is 23.1 Å². The van der Waals surface area contributed by atoms with E-state index in [1.54, 1.807) is 0 Å². The van der Waals surface area contributed by atoms with Gasteiger partial charge >= 0.3 is 0 Å². The maximum absolute atomic E-state index is 9.52. The van der Waals surface area contributed by atoms with Gasteiger partial charge in [-0.05, 0) is 12.8 Å². The zero-order valence-corrected chi connectivity index (χ0v) is 10.9. The minimum atomic E-state index is -0.0847. The first-order valence-electron chi connectivity index (χ1n) is 5.99. The third-order valence-corrected chi connectivity index (χ3v) is 3.84. The summed E-state index contributed by atoms with van der Waals surface area (Å²) in [5.74, 6) is 0.522. The normalized spacial score (nSPS) is 17.9. The number of nitrogens with one attached hydrogen (secondary N) is 1. The zero-order chi connectivity index (χ0) is 13.2. The van der Waals surface area contributed by atoms with Crippen LogP contribution in [0.15, 0.2) is 0 Å². The van der Waals surface area contributed by atoms with Crippen LogP contribution in [0, 0.1) is 5.41 Å². The summed E-state index contributed by atoms with van der Waals surface area (Å²) in [6.45, 7) is 0.773. The molecule has 1 aliphatic carbocycles. The van der Waals surface area contributed by atoms with Crippen LogP contribution in [-0.2, 0) is 0 Å². The third-order valence-electron chi connectivity index (χ3n) is 3.55. The van der Waals surface area contributed by atoms with E-state index in [0.29, 0.717) is 12.4 Å². The fourth-order valence-electron chi connectivity index (χ4n) is 2.38. The second-order valence-electron chi connectivity index (χ2n) is 4.85. The van der Waals surface area contributed by atoms with E-state index in [1.165, 1.54) is 0 Å². The molecule has 6 nitrogen and oxygen atoms in total. The Kier molecular flexibility index (Phi) is 3.77. The zero-order valence-electron chi connectivity index (χ0n) is 10.1. The van der Waals surface area contributed by atoms with Crippen molar-refractivity contribution in [3.8, 4) is 0 Å². The molecule has 0 atom stereocenters. The lowest BCUT2D eigenvalue weighted by atomic mass is 9.87. The standard InChI is InChI=1S/C11H18ClN5O/c12-8-7(13)9(17-10(14)16-8)15-5-11(6-18)3-1-2-4-11/h18H,1-6,13H2,(H3,14,15,16,17). The van der Waals surface area contributed by atoms with Crippen LogP contribution in [0.5, 0.6) is 0 Å². The maximum atomic E-state index is 9.52. The van der Waals surface area contributed by atoms with E-state index >= 15 is 0 Å². The van der Waals surface area contributed by atoms with E-state index in [2.05, 4.69) is 15.3 Å². The molecule has 100 valence electrons. The van der Waals surface area contributed by atoms with Crippen molar-refractivity contribution in [3.63, 3.8) is 0 Å². The summed E-state index contributed by atoms with van der Waals surface area (Å²) in [5.41, 5.74) is 11.5. The van der Waals surface area contributed by atoms with E-state index in [-0.39, 0.29) is 28.8 Å². The summed E-state index contributed by atoms with van der Waals surface area (Å²) >= 11 is 5.84. The van der Waals surface area contributed by atoms with Crippen LogP contribution < -0.4 is 16.8 Å². The first kappa shape index (κ1) is 13.2. The highest BCUT2D eigenvalue weighted by molar-refractivity contribution is 6.32. The lowest BCUT2D eigenvalue weighted by Crippen LogP contribution is -2.31. The smallest absolute Gasteiger partial charge is 0.223 e. The summed E-state index contributed by atoms with van der Waals surface area (Å²) in [6, 6.07) is 0. The highest BCUT2D eigenvalue weighted by atomic mass is 35.5. The summed E-state index contributed by atoms with van der Waals surface area (Å²) in [7, 11) is 0. The highest BCUT2D eigenvalue weighted by Gasteiger charge is 2.33. The van der Waals surface area contributed by atoms with Crippen LogP contribution in [0.25, 0.3) is 0 Å². The predicted octanol–water partition coefficient (Wildman–Crippen LogP) is 1.26. The molecule has 0 saturated heterocycles. The minimum Gasteiger partial charge on any atom is -0.396 e. The van der Waals surface area contributed by atoms with Gasteiger partial charge in [0.15, 0.2) is 11.0 Å². The van der Waals surface area contributed by atoms with Crippen molar-refractivity contribution in [2.75, 3.05) is 29.9 Å². The average molecular weight is 272 g/mol. The first-order chi connectivity index (χ1) is 8.56. The molecular formula is C11H18ClN5O. The number of aromatic nitrogens is 2. The van der Waals surface area contributed by atoms with Crippen molar-refractivity contribution in [3.05, 3.63) is 5.15 Å². The first-order valence-corrected chi connectivity index (χ1v) is 6.37. The fourth-order valence-corrected chi connectivity index (χ4v) is 2.56. The van der Waals surface area contributed by atoms with Crippen LogP contribution >= 0.6 is 11.6 Å². The van der Waals surface area contributed by atoms with Gasteiger partial charge in [-0.15, -0.1) is 0 Å². The molecule has 1 aromatic rings. The molecule has 0 aliphatic heterocycles. The fraction of sp³-hybridized carbons (Fsp3) is 0.636. The van der Waals surface area contributed by atoms with Gasteiger partial charge in [-0.1, -0.05) is 24.4 Å². The molecule has 0 spiro atoms. The summed E-state index contributed by atoms with van der Waals surface area (Å²) in [5, 5.41) is 12.8. The van der Waals surface area contributed by atoms with E-state index in [1.807, 2.05) is 0 Å². The molecule has 0 unspecified atom stereocenters. The summed E-state index contributed by atoms with van der Waals surface area (Å²) in [4.78, 5) is 7.79. The van der Waals surface area contributed by atoms with Crippen LogP contribution in [0.2, 0.25) is 5.15 Å². The molecule has 1 aliphatic rings. The Hall–Kier alpha value is -1.27. The molecule has 18 heavy (non-hydrogen) atoms. The van der Waals surface area contributed by atoms with Crippen molar-refractivity contribution in [2.24, 2.45) is 5.41 Å². The van der Waals surface area contributed by atoms with Gasteiger partial charge in [-0.2, -0.15) is 9.97 Å². The largest absolute Gasteiger partial charge is 0.396 e. The number of anilines is 3. The Balaban J connectivity index is 2.10. The second-order valence-corrected chi connectivity index (χ2v) is 5.21. The minimum absolute atomic E-state index is 0.0844.